The first-order valence-corrected chi connectivity index (χ1v) is 6.21. The molecule has 1 unspecified atom stereocenters. The number of nitrogens with one attached hydrogen (secondary N) is 1. The van der Waals surface area contributed by atoms with Crippen LogP contribution in [0.5, 0.6) is 0 Å². The molecule has 1 aromatic rings. The Balaban J connectivity index is 1.78. The van der Waals surface area contributed by atoms with Gasteiger partial charge in [0.2, 0.25) is 5.95 Å². The number of hydrogen-bond acceptors (Lipinski definition) is 4. The van der Waals surface area contributed by atoms with E-state index in [1.165, 1.54) is 44.7 Å². The van der Waals surface area contributed by atoms with Gasteiger partial charge in [-0.25, -0.2) is 14.4 Å². The minimum Gasteiger partial charge on any atom is -0.353 e. The number of aromatic nitrogens is 2. The molecule has 0 bridgehead atoms. The molecule has 0 saturated carbocycles. The number of piperidine rings is 1. The summed E-state index contributed by atoms with van der Waals surface area (Å²) in [6, 6.07) is 0.462. The third-order valence-electron chi connectivity index (χ3n) is 3.19. The standard InChI is InChI=1S/C12H19FN4/c1-10(17-5-3-2-4-6-17)7-14-12-15-8-11(13)9-16-12/h8-10H,2-7H2,1H3,(H,14,15,16). The van der Waals surface area contributed by atoms with Crippen molar-refractivity contribution >= 4 is 5.95 Å². The summed E-state index contributed by atoms with van der Waals surface area (Å²) in [7, 11) is 0. The Kier molecular flexibility index (Phi) is 4.25. The van der Waals surface area contributed by atoms with Gasteiger partial charge in [-0.05, 0) is 32.9 Å². The van der Waals surface area contributed by atoms with Crippen LogP contribution in [0.3, 0.4) is 0 Å². The molecule has 0 spiro atoms. The number of halogens is 1. The van der Waals surface area contributed by atoms with Gasteiger partial charge in [0, 0.05) is 12.6 Å². The van der Waals surface area contributed by atoms with Crippen molar-refractivity contribution in [3.8, 4) is 0 Å². The largest absolute Gasteiger partial charge is 0.353 e. The van der Waals surface area contributed by atoms with Gasteiger partial charge in [-0.3, -0.25) is 4.90 Å². The summed E-state index contributed by atoms with van der Waals surface area (Å²) in [4.78, 5) is 10.2. The number of hydrogen-bond donors (Lipinski definition) is 1. The van der Waals surface area contributed by atoms with E-state index in [-0.39, 0.29) is 0 Å². The predicted molar refractivity (Wildman–Crippen MR) is 65.4 cm³/mol. The predicted octanol–water partition coefficient (Wildman–Crippen LogP) is 1.90. The van der Waals surface area contributed by atoms with E-state index in [0.717, 1.165) is 6.54 Å². The maximum absolute atomic E-state index is 12.6. The van der Waals surface area contributed by atoms with Crippen LogP contribution < -0.4 is 5.32 Å². The molecule has 5 heteroatoms. The second-order valence-corrected chi connectivity index (χ2v) is 4.55. The highest BCUT2D eigenvalue weighted by Crippen LogP contribution is 2.12. The zero-order chi connectivity index (χ0) is 12.1. The van der Waals surface area contributed by atoms with Crippen LogP contribution in [0.4, 0.5) is 10.3 Å². The van der Waals surface area contributed by atoms with Crippen LogP contribution >= 0.6 is 0 Å². The summed E-state index contributed by atoms with van der Waals surface area (Å²) in [6.07, 6.45) is 6.29. The van der Waals surface area contributed by atoms with E-state index in [1.54, 1.807) is 0 Å². The smallest absolute Gasteiger partial charge is 0.222 e. The van der Waals surface area contributed by atoms with E-state index >= 15 is 0 Å². The Labute approximate surface area is 101 Å². The van der Waals surface area contributed by atoms with E-state index in [1.807, 2.05) is 0 Å². The van der Waals surface area contributed by atoms with Gasteiger partial charge in [0.05, 0.1) is 12.4 Å². The van der Waals surface area contributed by atoms with Gasteiger partial charge >= 0.3 is 0 Å². The van der Waals surface area contributed by atoms with Gasteiger partial charge in [0.25, 0.3) is 0 Å². The Hall–Kier alpha value is -1.23. The van der Waals surface area contributed by atoms with Crippen molar-refractivity contribution in [2.24, 2.45) is 0 Å². The lowest BCUT2D eigenvalue weighted by atomic mass is 10.1. The number of nitrogens with zero attached hydrogens (tertiary/aromatic N) is 3. The Morgan fingerprint density at radius 1 is 1.29 bits per heavy atom. The van der Waals surface area contributed by atoms with Gasteiger partial charge in [-0.2, -0.15) is 0 Å². The molecular weight excluding hydrogens is 219 g/mol. The average Bonchev–Trinajstić information content (AvgIpc) is 2.39. The fourth-order valence-electron chi connectivity index (χ4n) is 2.13. The maximum atomic E-state index is 12.6. The van der Waals surface area contributed by atoms with Crippen LogP contribution in [0.15, 0.2) is 12.4 Å². The van der Waals surface area contributed by atoms with Crippen molar-refractivity contribution in [3.05, 3.63) is 18.2 Å². The van der Waals surface area contributed by atoms with Crippen LogP contribution in [-0.4, -0.2) is 40.5 Å². The lowest BCUT2D eigenvalue weighted by molar-refractivity contribution is 0.180. The van der Waals surface area contributed by atoms with Crippen molar-refractivity contribution in [1.82, 2.24) is 14.9 Å². The molecule has 94 valence electrons. The van der Waals surface area contributed by atoms with Crippen molar-refractivity contribution in [1.29, 1.82) is 0 Å². The molecule has 17 heavy (non-hydrogen) atoms. The van der Waals surface area contributed by atoms with E-state index in [9.17, 15) is 4.39 Å². The van der Waals surface area contributed by atoms with Gasteiger partial charge in [-0.1, -0.05) is 6.42 Å². The molecule has 4 nitrogen and oxygen atoms in total. The van der Waals surface area contributed by atoms with Crippen LogP contribution in [0, 0.1) is 5.82 Å². The van der Waals surface area contributed by atoms with Crippen LogP contribution in [0.1, 0.15) is 26.2 Å². The highest BCUT2D eigenvalue weighted by atomic mass is 19.1. The molecule has 0 radical (unpaired) electrons. The van der Waals surface area contributed by atoms with E-state index in [0.29, 0.717) is 12.0 Å². The van der Waals surface area contributed by atoms with Crippen molar-refractivity contribution in [2.45, 2.75) is 32.2 Å². The first-order valence-electron chi connectivity index (χ1n) is 6.21. The SMILES string of the molecule is CC(CNc1ncc(F)cn1)N1CCCCC1. The van der Waals surface area contributed by atoms with Crippen molar-refractivity contribution in [2.75, 3.05) is 25.0 Å². The van der Waals surface area contributed by atoms with Gasteiger partial charge in [-0.15, -0.1) is 0 Å². The molecule has 1 aliphatic heterocycles. The van der Waals surface area contributed by atoms with Crippen LogP contribution in [0.25, 0.3) is 0 Å². The molecule has 1 aliphatic rings. The van der Waals surface area contributed by atoms with Crippen LogP contribution in [0.2, 0.25) is 0 Å². The zero-order valence-corrected chi connectivity index (χ0v) is 10.2. The normalized spacial score (nSPS) is 18.9. The Bertz CT molecular complexity index is 335. The molecule has 1 aromatic heterocycles. The molecular formula is C12H19FN4. The minimum absolute atomic E-state index is 0.403. The van der Waals surface area contributed by atoms with E-state index in [2.05, 4.69) is 27.1 Å². The number of likely N-dealkylation sites (tertiary alicyclic amines) is 1. The lowest BCUT2D eigenvalue weighted by Gasteiger charge is -2.32. The van der Waals surface area contributed by atoms with Crippen molar-refractivity contribution < 1.29 is 4.39 Å². The van der Waals surface area contributed by atoms with E-state index in [4.69, 9.17) is 0 Å². The monoisotopic (exact) mass is 238 g/mol. The molecule has 1 N–H and O–H groups in total. The molecule has 0 aliphatic carbocycles. The van der Waals surface area contributed by atoms with Gasteiger partial charge in [0.15, 0.2) is 5.82 Å². The topological polar surface area (TPSA) is 41.1 Å². The maximum Gasteiger partial charge on any atom is 0.222 e. The average molecular weight is 238 g/mol. The summed E-state index contributed by atoms with van der Waals surface area (Å²) in [6.45, 7) is 5.34. The molecule has 1 atom stereocenters. The number of anilines is 1. The molecule has 0 amide bonds. The van der Waals surface area contributed by atoms with Gasteiger partial charge in [0.1, 0.15) is 0 Å². The van der Waals surface area contributed by atoms with E-state index < -0.39 is 5.82 Å². The minimum atomic E-state index is -0.403. The molecule has 1 saturated heterocycles. The fraction of sp³-hybridized carbons (Fsp3) is 0.667. The third-order valence-corrected chi connectivity index (χ3v) is 3.19. The summed E-state index contributed by atoms with van der Waals surface area (Å²) in [5.74, 6) is 0.0925. The highest BCUT2D eigenvalue weighted by molar-refractivity contribution is 5.22. The molecule has 2 heterocycles. The zero-order valence-electron chi connectivity index (χ0n) is 10.2. The number of rotatable bonds is 4. The second-order valence-electron chi connectivity index (χ2n) is 4.55. The summed E-state index contributed by atoms with van der Waals surface area (Å²) >= 11 is 0. The lowest BCUT2D eigenvalue weighted by Crippen LogP contribution is -2.41. The first-order chi connectivity index (χ1) is 8.25. The summed E-state index contributed by atoms with van der Waals surface area (Å²) in [5.41, 5.74) is 0. The summed E-state index contributed by atoms with van der Waals surface area (Å²) < 4.78 is 12.6. The highest BCUT2D eigenvalue weighted by Gasteiger charge is 2.16. The molecule has 1 fully saturated rings. The first kappa shape index (κ1) is 12.2. The molecule has 0 aromatic carbocycles. The van der Waals surface area contributed by atoms with Crippen molar-refractivity contribution in [3.63, 3.8) is 0 Å². The second kappa shape index (κ2) is 5.91. The fourth-order valence-corrected chi connectivity index (χ4v) is 2.13. The third kappa shape index (κ3) is 3.63. The summed E-state index contributed by atoms with van der Waals surface area (Å²) in [5, 5.41) is 3.14. The quantitative estimate of drug-likeness (QED) is 0.870. The molecule has 2 rings (SSSR count). The Morgan fingerprint density at radius 3 is 2.59 bits per heavy atom. The Morgan fingerprint density at radius 2 is 1.94 bits per heavy atom. The van der Waals surface area contributed by atoms with Gasteiger partial charge < -0.3 is 5.32 Å². The van der Waals surface area contributed by atoms with Crippen LogP contribution in [-0.2, 0) is 0 Å².